The summed E-state index contributed by atoms with van der Waals surface area (Å²) >= 11 is 0. The lowest BCUT2D eigenvalue weighted by molar-refractivity contribution is 0.0195. The zero-order valence-corrected chi connectivity index (χ0v) is 24.9. The summed E-state index contributed by atoms with van der Waals surface area (Å²) < 4.78 is 5.12. The van der Waals surface area contributed by atoms with Crippen molar-refractivity contribution in [3.8, 4) is 5.75 Å². The number of aromatic hydroxyl groups is 1. The lowest BCUT2D eigenvalue weighted by Crippen LogP contribution is -2.56. The van der Waals surface area contributed by atoms with Crippen LogP contribution in [0.3, 0.4) is 0 Å². The minimum atomic E-state index is -0.326. The van der Waals surface area contributed by atoms with Crippen molar-refractivity contribution in [2.75, 3.05) is 45.9 Å². The van der Waals surface area contributed by atoms with Gasteiger partial charge in [-0.25, -0.2) is 4.79 Å². The van der Waals surface area contributed by atoms with Crippen molar-refractivity contribution < 1.29 is 19.4 Å². The molecule has 2 aliphatic heterocycles. The van der Waals surface area contributed by atoms with Crippen LogP contribution in [0.25, 0.3) is 0 Å². The smallest absolute Gasteiger partial charge is 0.409 e. The summed E-state index contributed by atoms with van der Waals surface area (Å²) in [6.45, 7) is 11.2. The Morgan fingerprint density at radius 2 is 1.50 bits per heavy atom. The highest BCUT2D eigenvalue weighted by Crippen LogP contribution is 2.35. The lowest BCUT2D eigenvalue weighted by atomic mass is 9.92. The molecule has 3 aromatic rings. The van der Waals surface area contributed by atoms with E-state index in [1.54, 1.807) is 17.9 Å². The fourth-order valence-corrected chi connectivity index (χ4v) is 6.22. The minimum Gasteiger partial charge on any atom is -0.508 e. The van der Waals surface area contributed by atoms with Crippen molar-refractivity contribution in [1.29, 1.82) is 0 Å². The highest BCUT2D eigenvalue weighted by molar-refractivity contribution is 5.94. The molecule has 8 nitrogen and oxygen atoms in total. The molecule has 2 aliphatic rings. The van der Waals surface area contributed by atoms with Crippen molar-refractivity contribution in [3.63, 3.8) is 0 Å². The Kier molecular flexibility index (Phi) is 9.45. The molecule has 0 aliphatic carbocycles. The fraction of sp³-hybridized carbons (Fsp3) is 0.412. The number of ether oxygens (including phenoxy) is 1. The Morgan fingerprint density at radius 1 is 0.833 bits per heavy atom. The summed E-state index contributed by atoms with van der Waals surface area (Å²) in [7, 11) is 0. The first kappa shape index (κ1) is 29.6. The van der Waals surface area contributed by atoms with E-state index in [1.807, 2.05) is 35.2 Å². The van der Waals surface area contributed by atoms with Gasteiger partial charge in [0.1, 0.15) is 5.75 Å². The number of carbonyl (C=O) groups excluding carboxylic acids is 2. The van der Waals surface area contributed by atoms with Gasteiger partial charge in [-0.2, -0.15) is 0 Å². The molecule has 0 radical (unpaired) electrons. The second-order valence-corrected chi connectivity index (χ2v) is 11.4. The van der Waals surface area contributed by atoms with Crippen LogP contribution in [0.15, 0.2) is 78.9 Å². The summed E-state index contributed by atoms with van der Waals surface area (Å²) in [4.78, 5) is 34.2. The third-order valence-electron chi connectivity index (χ3n) is 8.45. The van der Waals surface area contributed by atoms with E-state index in [0.29, 0.717) is 44.4 Å². The Morgan fingerprint density at radius 3 is 2.19 bits per heavy atom. The Balaban J connectivity index is 1.37. The second-order valence-electron chi connectivity index (χ2n) is 11.4. The predicted octanol–water partition coefficient (Wildman–Crippen LogP) is 4.99. The van der Waals surface area contributed by atoms with Gasteiger partial charge in [0.2, 0.25) is 0 Å². The van der Waals surface area contributed by atoms with E-state index >= 15 is 0 Å². The molecule has 2 fully saturated rings. The van der Waals surface area contributed by atoms with Crippen LogP contribution in [0, 0.1) is 0 Å². The number of phenols is 1. The molecular weight excluding hydrogens is 528 g/mol. The van der Waals surface area contributed by atoms with Crippen LogP contribution in [0.1, 0.15) is 53.9 Å². The maximum Gasteiger partial charge on any atom is 0.409 e. The van der Waals surface area contributed by atoms with E-state index in [1.165, 1.54) is 5.56 Å². The number of hydrogen-bond donors (Lipinski definition) is 1. The number of phenolic OH excluding ortho intramolecular Hbond substituents is 1. The maximum absolute atomic E-state index is 13.6. The quantitative estimate of drug-likeness (QED) is 0.431. The first-order valence-corrected chi connectivity index (χ1v) is 15.0. The molecular formula is C34H42N4O4. The number of hydrogen-bond acceptors (Lipinski definition) is 6. The standard InChI is InChI=1S/C34H42N4O4/c1-4-42-34(41)36-18-16-35(17-19-36)33(40)30-14-8-12-28(20-30)32(29-13-9-15-31(39)21-29)38-23-25(2)37(22-26(38)3)24-27-10-6-5-7-11-27/h5-15,20-21,25-26,32,39H,4,16-19,22-24H2,1-3H3/t25-,26+,32-/m1/s1. The molecule has 3 atom stereocenters. The van der Waals surface area contributed by atoms with Gasteiger partial charge >= 0.3 is 6.09 Å². The first-order valence-electron chi connectivity index (χ1n) is 15.0. The van der Waals surface area contributed by atoms with Crippen molar-refractivity contribution in [1.82, 2.24) is 19.6 Å². The predicted molar refractivity (Wildman–Crippen MR) is 163 cm³/mol. The van der Waals surface area contributed by atoms with E-state index < -0.39 is 0 Å². The summed E-state index contributed by atoms with van der Waals surface area (Å²) in [6, 6.07) is 26.4. The first-order chi connectivity index (χ1) is 20.3. The van der Waals surface area contributed by atoms with E-state index in [-0.39, 0.29) is 29.8 Å². The summed E-state index contributed by atoms with van der Waals surface area (Å²) in [5.74, 6) is 0.191. The van der Waals surface area contributed by atoms with Crippen LogP contribution in [0.4, 0.5) is 4.79 Å². The lowest BCUT2D eigenvalue weighted by Gasteiger charge is -2.47. The van der Waals surface area contributed by atoms with Gasteiger partial charge in [0, 0.05) is 63.5 Å². The maximum atomic E-state index is 13.6. The fourth-order valence-electron chi connectivity index (χ4n) is 6.22. The van der Waals surface area contributed by atoms with Crippen molar-refractivity contribution in [2.45, 2.75) is 45.4 Å². The summed E-state index contributed by atoms with van der Waals surface area (Å²) in [6.07, 6.45) is -0.326. The highest BCUT2D eigenvalue weighted by Gasteiger charge is 2.35. The number of rotatable bonds is 7. The van der Waals surface area contributed by atoms with E-state index in [2.05, 4.69) is 66.1 Å². The molecule has 1 N–H and O–H groups in total. The van der Waals surface area contributed by atoms with Gasteiger partial charge in [0.15, 0.2) is 0 Å². The van der Waals surface area contributed by atoms with Crippen LogP contribution >= 0.6 is 0 Å². The topological polar surface area (TPSA) is 76.6 Å². The number of nitrogens with zero attached hydrogens (tertiary/aromatic N) is 4. The average molecular weight is 571 g/mol. The monoisotopic (exact) mass is 570 g/mol. The van der Waals surface area contributed by atoms with Gasteiger partial charge in [0.05, 0.1) is 12.6 Å². The molecule has 0 saturated carbocycles. The zero-order chi connectivity index (χ0) is 29.6. The van der Waals surface area contributed by atoms with E-state index in [9.17, 15) is 14.7 Å². The molecule has 5 rings (SSSR count). The number of amides is 2. The van der Waals surface area contributed by atoms with Gasteiger partial charge in [-0.3, -0.25) is 14.6 Å². The Labute approximate surface area is 249 Å². The van der Waals surface area contributed by atoms with Gasteiger partial charge in [-0.05, 0) is 61.7 Å². The largest absolute Gasteiger partial charge is 0.508 e. The third-order valence-corrected chi connectivity index (χ3v) is 8.45. The minimum absolute atomic E-state index is 0.0379. The van der Waals surface area contributed by atoms with Crippen LogP contribution in [0.2, 0.25) is 0 Å². The molecule has 3 aromatic carbocycles. The number of carbonyl (C=O) groups is 2. The number of benzene rings is 3. The van der Waals surface area contributed by atoms with Crippen molar-refractivity contribution in [2.24, 2.45) is 0 Å². The molecule has 2 heterocycles. The Hall–Kier alpha value is -3.88. The van der Waals surface area contributed by atoms with Crippen LogP contribution in [-0.2, 0) is 11.3 Å². The van der Waals surface area contributed by atoms with Gasteiger partial charge in [0.25, 0.3) is 5.91 Å². The third kappa shape index (κ3) is 6.77. The summed E-state index contributed by atoms with van der Waals surface area (Å²) in [5.41, 5.74) is 3.96. The van der Waals surface area contributed by atoms with Crippen LogP contribution in [-0.4, -0.2) is 94.7 Å². The molecule has 0 spiro atoms. The molecule has 2 amide bonds. The number of piperazine rings is 2. The molecule has 0 aromatic heterocycles. The average Bonchev–Trinajstić information content (AvgIpc) is 3.00. The molecule has 222 valence electrons. The van der Waals surface area contributed by atoms with Gasteiger partial charge in [-0.15, -0.1) is 0 Å². The van der Waals surface area contributed by atoms with Gasteiger partial charge < -0.3 is 19.6 Å². The van der Waals surface area contributed by atoms with Crippen molar-refractivity contribution >= 4 is 12.0 Å². The van der Waals surface area contributed by atoms with E-state index in [4.69, 9.17) is 4.74 Å². The molecule has 42 heavy (non-hydrogen) atoms. The molecule has 8 heteroatoms. The highest BCUT2D eigenvalue weighted by atomic mass is 16.6. The van der Waals surface area contributed by atoms with Crippen LogP contribution < -0.4 is 0 Å². The molecule has 0 unspecified atom stereocenters. The second kappa shape index (κ2) is 13.4. The molecule has 0 bridgehead atoms. The Bertz CT molecular complexity index is 1360. The molecule has 2 saturated heterocycles. The van der Waals surface area contributed by atoms with Gasteiger partial charge in [-0.1, -0.05) is 54.6 Å². The SMILES string of the molecule is CCOC(=O)N1CCN(C(=O)c2cccc([C@H](c3cccc(O)c3)N3C[C@@H](C)N(Cc4ccccc4)C[C@@H]3C)c2)CC1. The zero-order valence-electron chi connectivity index (χ0n) is 24.9. The summed E-state index contributed by atoms with van der Waals surface area (Å²) in [5, 5.41) is 10.4. The van der Waals surface area contributed by atoms with Crippen LogP contribution in [0.5, 0.6) is 5.75 Å². The van der Waals surface area contributed by atoms with E-state index in [0.717, 1.165) is 30.8 Å². The van der Waals surface area contributed by atoms with Crippen molar-refractivity contribution in [3.05, 3.63) is 101 Å². The normalized spacial score (nSPS) is 20.7.